The molecule has 1 aromatic carbocycles. The van der Waals surface area contributed by atoms with Crippen molar-refractivity contribution in [1.82, 2.24) is 4.90 Å². The predicted octanol–water partition coefficient (Wildman–Crippen LogP) is 2.34. The van der Waals surface area contributed by atoms with Crippen LogP contribution in [0.15, 0.2) is 18.2 Å². The van der Waals surface area contributed by atoms with E-state index in [1.54, 1.807) is 6.07 Å². The SMILES string of the molecule is COC(=O)c1cccc(NCCN(C)C2CCCC2)c1N. The van der Waals surface area contributed by atoms with Crippen LogP contribution in [-0.2, 0) is 4.74 Å². The van der Waals surface area contributed by atoms with Gasteiger partial charge < -0.3 is 20.7 Å². The number of esters is 1. The van der Waals surface area contributed by atoms with Crippen LogP contribution in [0, 0.1) is 0 Å². The first kappa shape index (κ1) is 15.6. The van der Waals surface area contributed by atoms with Crippen molar-refractivity contribution in [2.24, 2.45) is 0 Å². The number of hydrogen-bond donors (Lipinski definition) is 2. The lowest BCUT2D eigenvalue weighted by Crippen LogP contribution is -2.33. The van der Waals surface area contributed by atoms with Gasteiger partial charge in [0.05, 0.1) is 24.0 Å². The van der Waals surface area contributed by atoms with Crippen molar-refractivity contribution >= 4 is 17.3 Å². The summed E-state index contributed by atoms with van der Waals surface area (Å²) in [5.74, 6) is -0.403. The summed E-state index contributed by atoms with van der Waals surface area (Å²) < 4.78 is 4.73. The third-order valence-corrected chi connectivity index (χ3v) is 4.24. The minimum absolute atomic E-state index is 0.403. The first-order valence-corrected chi connectivity index (χ1v) is 7.54. The van der Waals surface area contributed by atoms with E-state index < -0.39 is 5.97 Å². The molecule has 5 heteroatoms. The van der Waals surface area contributed by atoms with E-state index in [1.807, 2.05) is 12.1 Å². The second-order valence-corrected chi connectivity index (χ2v) is 5.60. The van der Waals surface area contributed by atoms with Crippen LogP contribution in [0.3, 0.4) is 0 Å². The highest BCUT2D eigenvalue weighted by molar-refractivity contribution is 5.98. The molecule has 0 aromatic heterocycles. The first-order valence-electron chi connectivity index (χ1n) is 7.54. The van der Waals surface area contributed by atoms with Gasteiger partial charge in [-0.15, -0.1) is 0 Å². The lowest BCUT2D eigenvalue weighted by atomic mass is 10.1. The van der Waals surface area contributed by atoms with E-state index in [9.17, 15) is 4.79 Å². The van der Waals surface area contributed by atoms with Crippen LogP contribution in [-0.4, -0.2) is 44.2 Å². The Labute approximate surface area is 126 Å². The molecule has 3 N–H and O–H groups in total. The van der Waals surface area contributed by atoms with Gasteiger partial charge in [0.2, 0.25) is 0 Å². The van der Waals surface area contributed by atoms with Crippen LogP contribution in [0.5, 0.6) is 0 Å². The Balaban J connectivity index is 1.89. The topological polar surface area (TPSA) is 67.6 Å². The molecule has 1 aliphatic carbocycles. The van der Waals surface area contributed by atoms with Gasteiger partial charge >= 0.3 is 5.97 Å². The van der Waals surface area contributed by atoms with Crippen molar-refractivity contribution in [2.75, 3.05) is 38.3 Å². The molecule has 1 fully saturated rings. The maximum Gasteiger partial charge on any atom is 0.340 e. The zero-order chi connectivity index (χ0) is 15.2. The monoisotopic (exact) mass is 291 g/mol. The fraction of sp³-hybridized carbons (Fsp3) is 0.562. The van der Waals surface area contributed by atoms with Crippen molar-refractivity contribution < 1.29 is 9.53 Å². The second kappa shape index (κ2) is 7.31. The number of benzene rings is 1. The van der Waals surface area contributed by atoms with Crippen LogP contribution in [0.25, 0.3) is 0 Å². The van der Waals surface area contributed by atoms with Gasteiger partial charge in [-0.3, -0.25) is 0 Å². The Bertz CT molecular complexity index is 484. The minimum atomic E-state index is -0.403. The number of nitrogens with two attached hydrogens (primary N) is 1. The molecule has 0 bridgehead atoms. The van der Waals surface area contributed by atoms with Crippen LogP contribution in [0.4, 0.5) is 11.4 Å². The highest BCUT2D eigenvalue weighted by Crippen LogP contribution is 2.24. The van der Waals surface area contributed by atoms with Crippen molar-refractivity contribution in [3.8, 4) is 0 Å². The number of anilines is 2. The molecule has 5 nitrogen and oxygen atoms in total. The fourth-order valence-corrected chi connectivity index (χ4v) is 2.90. The number of carbonyl (C=O) groups excluding carboxylic acids is 1. The van der Waals surface area contributed by atoms with E-state index in [0.717, 1.165) is 18.8 Å². The lowest BCUT2D eigenvalue weighted by molar-refractivity contribution is 0.0602. The summed E-state index contributed by atoms with van der Waals surface area (Å²) >= 11 is 0. The highest BCUT2D eigenvalue weighted by atomic mass is 16.5. The third kappa shape index (κ3) is 3.88. The van der Waals surface area contributed by atoms with Crippen LogP contribution in [0.2, 0.25) is 0 Å². The van der Waals surface area contributed by atoms with Crippen molar-refractivity contribution in [3.63, 3.8) is 0 Å². The van der Waals surface area contributed by atoms with Crippen LogP contribution >= 0.6 is 0 Å². The van der Waals surface area contributed by atoms with Crippen LogP contribution in [0.1, 0.15) is 36.0 Å². The molecule has 1 aromatic rings. The molecule has 1 saturated carbocycles. The number of nitrogens with zero attached hydrogens (tertiary/aromatic N) is 1. The first-order chi connectivity index (χ1) is 10.1. The Kier molecular flexibility index (Phi) is 5.44. The molecule has 0 amide bonds. The zero-order valence-corrected chi connectivity index (χ0v) is 12.9. The van der Waals surface area contributed by atoms with E-state index in [-0.39, 0.29) is 0 Å². The lowest BCUT2D eigenvalue weighted by Gasteiger charge is -2.24. The second-order valence-electron chi connectivity index (χ2n) is 5.60. The number of nitrogens with one attached hydrogen (secondary N) is 1. The number of rotatable bonds is 6. The van der Waals surface area contributed by atoms with Gasteiger partial charge in [0.1, 0.15) is 0 Å². The fourth-order valence-electron chi connectivity index (χ4n) is 2.90. The Morgan fingerprint density at radius 3 is 2.81 bits per heavy atom. The van der Waals surface area contributed by atoms with E-state index in [4.69, 9.17) is 10.5 Å². The van der Waals surface area contributed by atoms with Crippen molar-refractivity contribution in [2.45, 2.75) is 31.7 Å². The zero-order valence-electron chi connectivity index (χ0n) is 12.9. The van der Waals surface area contributed by atoms with Crippen molar-refractivity contribution in [1.29, 1.82) is 0 Å². The highest BCUT2D eigenvalue weighted by Gasteiger charge is 2.19. The average molecular weight is 291 g/mol. The maximum atomic E-state index is 11.6. The molecular formula is C16H25N3O2. The normalized spacial score (nSPS) is 15.4. The molecular weight excluding hydrogens is 266 g/mol. The summed E-state index contributed by atoms with van der Waals surface area (Å²) in [5, 5.41) is 3.31. The van der Waals surface area contributed by atoms with E-state index in [0.29, 0.717) is 17.3 Å². The number of para-hydroxylation sites is 1. The molecule has 1 aliphatic rings. The number of nitrogen functional groups attached to an aromatic ring is 1. The Morgan fingerprint density at radius 2 is 2.14 bits per heavy atom. The van der Waals surface area contributed by atoms with Crippen molar-refractivity contribution in [3.05, 3.63) is 23.8 Å². The summed E-state index contributed by atoms with van der Waals surface area (Å²) in [6.45, 7) is 1.77. The number of methoxy groups -OCH3 is 1. The predicted molar refractivity (Wildman–Crippen MR) is 85.6 cm³/mol. The molecule has 0 saturated heterocycles. The van der Waals surface area contributed by atoms with E-state index in [1.165, 1.54) is 32.8 Å². The van der Waals surface area contributed by atoms with E-state index in [2.05, 4.69) is 17.3 Å². The van der Waals surface area contributed by atoms with Crippen LogP contribution < -0.4 is 11.1 Å². The molecule has 0 spiro atoms. The average Bonchev–Trinajstić information content (AvgIpc) is 3.02. The summed E-state index contributed by atoms with van der Waals surface area (Å²) in [4.78, 5) is 14.0. The smallest absolute Gasteiger partial charge is 0.340 e. The number of carbonyl (C=O) groups is 1. The molecule has 0 aliphatic heterocycles. The molecule has 0 radical (unpaired) electrons. The standard InChI is InChI=1S/C16H25N3O2/c1-19(12-6-3-4-7-12)11-10-18-14-9-5-8-13(15(14)17)16(20)21-2/h5,8-9,12,18H,3-4,6-7,10-11,17H2,1-2H3. The van der Waals surface area contributed by atoms with Gasteiger partial charge in [-0.1, -0.05) is 18.9 Å². The Hall–Kier alpha value is -1.75. The summed E-state index contributed by atoms with van der Waals surface area (Å²) in [6, 6.07) is 6.09. The quantitative estimate of drug-likeness (QED) is 0.622. The van der Waals surface area contributed by atoms with Gasteiger partial charge in [-0.2, -0.15) is 0 Å². The Morgan fingerprint density at radius 1 is 1.43 bits per heavy atom. The van der Waals surface area contributed by atoms with Gasteiger partial charge in [0.15, 0.2) is 0 Å². The summed E-state index contributed by atoms with van der Waals surface area (Å²) in [7, 11) is 3.53. The third-order valence-electron chi connectivity index (χ3n) is 4.24. The maximum absolute atomic E-state index is 11.6. The molecule has 0 heterocycles. The summed E-state index contributed by atoms with van der Waals surface area (Å²) in [5.41, 5.74) is 7.67. The van der Waals surface area contributed by atoms with Gasteiger partial charge in [0, 0.05) is 19.1 Å². The van der Waals surface area contributed by atoms with E-state index >= 15 is 0 Å². The molecule has 116 valence electrons. The number of hydrogen-bond acceptors (Lipinski definition) is 5. The summed E-state index contributed by atoms with van der Waals surface area (Å²) in [6.07, 6.45) is 5.29. The minimum Gasteiger partial charge on any atom is -0.465 e. The molecule has 2 rings (SSSR count). The van der Waals surface area contributed by atoms with Gasteiger partial charge in [-0.25, -0.2) is 4.79 Å². The van der Waals surface area contributed by atoms with Gasteiger partial charge in [0.25, 0.3) is 0 Å². The molecule has 21 heavy (non-hydrogen) atoms. The molecule has 0 atom stereocenters. The number of likely N-dealkylation sites (N-methyl/N-ethyl adjacent to an activating group) is 1. The van der Waals surface area contributed by atoms with Gasteiger partial charge in [-0.05, 0) is 32.0 Å². The number of ether oxygens (including phenoxy) is 1. The largest absolute Gasteiger partial charge is 0.465 e. The molecule has 0 unspecified atom stereocenters.